The van der Waals surface area contributed by atoms with Crippen molar-refractivity contribution in [3.05, 3.63) is 65.2 Å². The van der Waals surface area contributed by atoms with Gasteiger partial charge in [-0.05, 0) is 29.8 Å². The zero-order chi connectivity index (χ0) is 19.7. The van der Waals surface area contributed by atoms with Gasteiger partial charge < -0.3 is 5.32 Å². The van der Waals surface area contributed by atoms with E-state index in [0.29, 0.717) is 0 Å². The number of hydrogen-bond donors (Lipinski definition) is 1. The molecule has 1 aliphatic heterocycles. The highest BCUT2D eigenvalue weighted by atomic mass is 19.2. The summed E-state index contributed by atoms with van der Waals surface area (Å²) in [6, 6.07) is 6.22. The van der Waals surface area contributed by atoms with Crippen LogP contribution in [0.15, 0.2) is 36.4 Å². The highest BCUT2D eigenvalue weighted by Gasteiger charge is 2.46. The molecule has 5 nitrogen and oxygen atoms in total. The summed E-state index contributed by atoms with van der Waals surface area (Å²) < 4.78 is 53.9. The zero-order valence-corrected chi connectivity index (χ0v) is 14.0. The lowest BCUT2D eigenvalue weighted by atomic mass is 9.87. The van der Waals surface area contributed by atoms with Gasteiger partial charge in [-0.15, -0.1) is 0 Å². The van der Waals surface area contributed by atoms with Crippen LogP contribution in [0.3, 0.4) is 0 Å². The predicted molar refractivity (Wildman–Crippen MR) is 86.3 cm³/mol. The minimum absolute atomic E-state index is 0.0931. The molecule has 0 aromatic heterocycles. The number of amides is 2. The summed E-state index contributed by atoms with van der Waals surface area (Å²) in [4.78, 5) is 30.0. The van der Waals surface area contributed by atoms with Gasteiger partial charge in [0, 0.05) is 5.92 Å². The number of carbonyl (C=O) groups is 2. The lowest BCUT2D eigenvalue weighted by molar-refractivity contribution is -0.170. The molecular formula is C18H14F4N2O3. The Morgan fingerprint density at radius 2 is 1.85 bits per heavy atom. The van der Waals surface area contributed by atoms with Gasteiger partial charge in [-0.2, -0.15) is 0 Å². The molecule has 0 radical (unpaired) electrons. The molecule has 1 saturated heterocycles. The first-order valence-electron chi connectivity index (χ1n) is 7.88. The van der Waals surface area contributed by atoms with E-state index in [4.69, 9.17) is 4.84 Å². The second-order valence-electron chi connectivity index (χ2n) is 5.93. The molecule has 0 spiro atoms. The van der Waals surface area contributed by atoms with Gasteiger partial charge >= 0.3 is 0 Å². The second-order valence-corrected chi connectivity index (χ2v) is 5.93. The topological polar surface area (TPSA) is 58.6 Å². The Labute approximate surface area is 151 Å². The van der Waals surface area contributed by atoms with Crippen LogP contribution in [0.1, 0.15) is 11.5 Å². The normalized spacial score (nSPS) is 19.4. The van der Waals surface area contributed by atoms with Crippen LogP contribution >= 0.6 is 0 Å². The fraction of sp³-hybridized carbons (Fsp3) is 0.222. The third kappa shape index (κ3) is 3.50. The van der Waals surface area contributed by atoms with E-state index < -0.39 is 52.6 Å². The molecule has 0 aliphatic carbocycles. The van der Waals surface area contributed by atoms with Crippen LogP contribution in [0.4, 0.5) is 23.2 Å². The molecule has 1 aliphatic rings. The Kier molecular flexibility index (Phi) is 5.13. The minimum Gasteiger partial charge on any atom is -0.323 e. The first kappa shape index (κ1) is 18.8. The zero-order valence-electron chi connectivity index (χ0n) is 14.0. The average molecular weight is 382 g/mol. The Bertz CT molecular complexity index is 906. The average Bonchev–Trinajstić information content (AvgIpc) is 2.98. The van der Waals surface area contributed by atoms with E-state index in [1.165, 1.54) is 19.2 Å². The van der Waals surface area contributed by atoms with Crippen LogP contribution in [-0.4, -0.2) is 30.5 Å². The van der Waals surface area contributed by atoms with E-state index in [2.05, 4.69) is 5.32 Å². The van der Waals surface area contributed by atoms with E-state index in [1.807, 2.05) is 0 Å². The van der Waals surface area contributed by atoms with Gasteiger partial charge in [0.2, 0.25) is 5.91 Å². The van der Waals surface area contributed by atoms with Gasteiger partial charge in [0.15, 0.2) is 23.3 Å². The van der Waals surface area contributed by atoms with Crippen molar-refractivity contribution in [2.45, 2.75) is 5.92 Å². The number of hydroxylamine groups is 2. The van der Waals surface area contributed by atoms with Crippen molar-refractivity contribution in [3.63, 3.8) is 0 Å². The molecule has 2 aromatic rings. The van der Waals surface area contributed by atoms with Gasteiger partial charge in [-0.3, -0.25) is 14.4 Å². The van der Waals surface area contributed by atoms with Crippen molar-refractivity contribution in [2.75, 3.05) is 19.0 Å². The predicted octanol–water partition coefficient (Wildman–Crippen LogP) is 2.99. The number of carbonyl (C=O) groups excluding carboxylic acids is 2. The molecule has 1 N–H and O–H groups in total. The number of hydrogen-bond acceptors (Lipinski definition) is 3. The van der Waals surface area contributed by atoms with Crippen LogP contribution in [0.2, 0.25) is 0 Å². The van der Waals surface area contributed by atoms with E-state index in [9.17, 15) is 27.2 Å². The van der Waals surface area contributed by atoms with Gasteiger partial charge in [0.25, 0.3) is 5.91 Å². The molecule has 3 rings (SSSR count). The van der Waals surface area contributed by atoms with Crippen LogP contribution < -0.4 is 5.32 Å². The van der Waals surface area contributed by atoms with Crippen molar-refractivity contribution in [2.24, 2.45) is 5.92 Å². The number of nitrogens with one attached hydrogen (secondary N) is 1. The summed E-state index contributed by atoms with van der Waals surface area (Å²) in [5.74, 6) is -8.56. The van der Waals surface area contributed by atoms with E-state index in [1.54, 1.807) is 0 Å². The van der Waals surface area contributed by atoms with E-state index >= 15 is 0 Å². The van der Waals surface area contributed by atoms with E-state index in [0.717, 1.165) is 29.3 Å². The Morgan fingerprint density at radius 1 is 1.11 bits per heavy atom. The maximum atomic E-state index is 13.8. The first-order chi connectivity index (χ1) is 12.8. The quantitative estimate of drug-likeness (QED) is 0.653. The highest BCUT2D eigenvalue weighted by Crippen LogP contribution is 2.35. The molecule has 0 saturated carbocycles. The summed E-state index contributed by atoms with van der Waals surface area (Å²) >= 11 is 0. The molecule has 0 bridgehead atoms. The summed E-state index contributed by atoms with van der Waals surface area (Å²) in [5, 5.41) is 3.07. The number of anilines is 1. The van der Waals surface area contributed by atoms with E-state index in [-0.39, 0.29) is 12.1 Å². The third-order valence-corrected chi connectivity index (χ3v) is 4.36. The van der Waals surface area contributed by atoms with Crippen molar-refractivity contribution in [1.29, 1.82) is 0 Å². The van der Waals surface area contributed by atoms with Gasteiger partial charge in [-0.1, -0.05) is 12.1 Å². The van der Waals surface area contributed by atoms with Crippen LogP contribution in [0.5, 0.6) is 0 Å². The van der Waals surface area contributed by atoms with Gasteiger partial charge in [0.1, 0.15) is 5.92 Å². The smallest absolute Gasteiger partial charge is 0.259 e. The maximum Gasteiger partial charge on any atom is 0.259 e. The van der Waals surface area contributed by atoms with Crippen LogP contribution in [0.25, 0.3) is 0 Å². The van der Waals surface area contributed by atoms with Crippen molar-refractivity contribution < 1.29 is 32.0 Å². The molecule has 142 valence electrons. The summed E-state index contributed by atoms with van der Waals surface area (Å²) in [5.41, 5.74) is -0.241. The Morgan fingerprint density at radius 3 is 2.52 bits per heavy atom. The largest absolute Gasteiger partial charge is 0.323 e. The Balaban J connectivity index is 1.93. The molecule has 2 atom stereocenters. The number of rotatable bonds is 4. The summed E-state index contributed by atoms with van der Waals surface area (Å²) in [6.07, 6.45) is 0. The van der Waals surface area contributed by atoms with Crippen molar-refractivity contribution >= 4 is 17.5 Å². The molecule has 0 unspecified atom stereocenters. The fourth-order valence-corrected chi connectivity index (χ4v) is 3.01. The number of halogens is 4. The fourth-order valence-electron chi connectivity index (χ4n) is 3.01. The minimum atomic E-state index is -1.39. The summed E-state index contributed by atoms with van der Waals surface area (Å²) in [7, 11) is 1.22. The van der Waals surface area contributed by atoms with Crippen LogP contribution in [-0.2, 0) is 14.4 Å². The summed E-state index contributed by atoms with van der Waals surface area (Å²) in [6.45, 7) is -0.0931. The first-order valence-corrected chi connectivity index (χ1v) is 7.88. The standard InChI is InChI=1S/C18H14F4N2O3/c1-27-24-8-10(9-5-6-11(19)13(21)7-9)15(18(24)26)17(25)23-14-4-2-3-12(20)16(14)22/h2-7,10,15H,8H2,1H3,(H,23,25)/t10-,15+/m1/s1. The van der Waals surface area contributed by atoms with Crippen molar-refractivity contribution in [3.8, 4) is 0 Å². The highest BCUT2D eigenvalue weighted by molar-refractivity contribution is 6.08. The lowest BCUT2D eigenvalue weighted by Gasteiger charge is -2.17. The molecule has 9 heteroatoms. The molecule has 1 fully saturated rings. The van der Waals surface area contributed by atoms with Crippen LogP contribution in [0, 0.1) is 29.2 Å². The molecule has 2 amide bonds. The third-order valence-electron chi connectivity index (χ3n) is 4.36. The van der Waals surface area contributed by atoms with Crippen molar-refractivity contribution in [1.82, 2.24) is 5.06 Å². The second kappa shape index (κ2) is 7.36. The monoisotopic (exact) mass is 382 g/mol. The molecular weight excluding hydrogens is 368 g/mol. The molecule has 1 heterocycles. The lowest BCUT2D eigenvalue weighted by Crippen LogP contribution is -2.34. The maximum absolute atomic E-state index is 13.8. The molecule has 2 aromatic carbocycles. The number of benzene rings is 2. The molecule has 27 heavy (non-hydrogen) atoms. The SMILES string of the molecule is CON1C[C@H](c2ccc(F)c(F)c2)[C@@H](C(=O)Nc2cccc(F)c2F)C1=O. The number of nitrogens with zero attached hydrogens (tertiary/aromatic N) is 1. The van der Waals surface area contributed by atoms with Gasteiger partial charge in [0.05, 0.1) is 19.3 Å². The Hall–Kier alpha value is -2.94. The van der Waals surface area contributed by atoms with Gasteiger partial charge in [-0.25, -0.2) is 22.6 Å².